The summed E-state index contributed by atoms with van der Waals surface area (Å²) >= 11 is 0. The fourth-order valence-electron chi connectivity index (χ4n) is 8.40. The van der Waals surface area contributed by atoms with Gasteiger partial charge in [-0.3, -0.25) is 9.59 Å². The molecule has 0 radical (unpaired) electrons. The smallest absolute Gasteiger partial charge is 0.306 e. The summed E-state index contributed by atoms with van der Waals surface area (Å²) in [5.41, 5.74) is -0.251. The van der Waals surface area contributed by atoms with E-state index in [1.165, 1.54) is 25.7 Å². The number of carbonyl (C=O) groups is 2. The van der Waals surface area contributed by atoms with Gasteiger partial charge in [0.05, 0.1) is 0 Å². The Hall–Kier alpha value is -1.06. The van der Waals surface area contributed by atoms with Crippen LogP contribution in [0.5, 0.6) is 0 Å². The lowest BCUT2D eigenvalue weighted by Crippen LogP contribution is -2.40. The fourth-order valence-corrected chi connectivity index (χ4v) is 8.40. The Balaban J connectivity index is 1.34. The van der Waals surface area contributed by atoms with E-state index in [1.54, 1.807) is 0 Å². The number of hydrogen-bond donors (Lipinski definition) is 0. The van der Waals surface area contributed by atoms with E-state index >= 15 is 0 Å². The predicted octanol–water partition coefficient (Wildman–Crippen LogP) is 3.23. The van der Waals surface area contributed by atoms with E-state index in [4.69, 9.17) is 9.47 Å². The first kappa shape index (κ1) is 14.1. The van der Waals surface area contributed by atoms with Gasteiger partial charge < -0.3 is 9.47 Å². The van der Waals surface area contributed by atoms with Crippen LogP contribution in [0.15, 0.2) is 0 Å². The Labute approximate surface area is 142 Å². The zero-order chi connectivity index (χ0) is 16.1. The molecule has 6 rings (SSSR count). The number of fused-ring (bicyclic) bond motifs is 7. The number of ether oxygens (including phenoxy) is 2. The molecule has 0 aromatic heterocycles. The monoisotopic (exact) mass is 330 g/mol. The Morgan fingerprint density at radius 3 is 1.54 bits per heavy atom. The van der Waals surface area contributed by atoms with Crippen molar-refractivity contribution in [1.82, 2.24) is 0 Å². The third-order valence-electron chi connectivity index (χ3n) is 8.87. The number of rotatable bonds is 0. The van der Waals surface area contributed by atoms with E-state index in [-0.39, 0.29) is 23.1 Å². The van der Waals surface area contributed by atoms with Crippen LogP contribution in [0.4, 0.5) is 0 Å². The molecule has 0 amide bonds. The second-order valence-electron chi connectivity index (χ2n) is 9.53. The molecule has 2 heterocycles. The lowest BCUT2D eigenvalue weighted by molar-refractivity contribution is -0.155. The highest BCUT2D eigenvalue weighted by Gasteiger charge is 2.69. The average molecular weight is 330 g/mol. The molecule has 4 aliphatic carbocycles. The van der Waals surface area contributed by atoms with Crippen molar-refractivity contribution < 1.29 is 19.1 Å². The summed E-state index contributed by atoms with van der Waals surface area (Å²) in [4.78, 5) is 23.7. The molecular formula is C20H26O4. The summed E-state index contributed by atoms with van der Waals surface area (Å²) in [6.45, 7) is 0. The van der Waals surface area contributed by atoms with Gasteiger partial charge in [-0.1, -0.05) is 0 Å². The molecule has 2 aliphatic heterocycles. The van der Waals surface area contributed by atoms with Gasteiger partial charge in [0.25, 0.3) is 0 Å². The minimum absolute atomic E-state index is 0.0264. The molecule has 4 saturated carbocycles. The van der Waals surface area contributed by atoms with E-state index in [9.17, 15) is 9.59 Å². The minimum Gasteiger partial charge on any atom is -0.459 e. The van der Waals surface area contributed by atoms with Gasteiger partial charge >= 0.3 is 11.9 Å². The van der Waals surface area contributed by atoms with Gasteiger partial charge in [-0.2, -0.15) is 0 Å². The SMILES string of the molecule is O=C1CC[C@]2(CC[C@@H]3C[C@H]4[C@H](C[C@H]5CC[C@]6(CCC(=O)O6)[C@H]54)[C@@H]32)O1. The van der Waals surface area contributed by atoms with Crippen LogP contribution in [0.25, 0.3) is 0 Å². The topological polar surface area (TPSA) is 52.6 Å². The quantitative estimate of drug-likeness (QED) is 0.640. The maximum atomic E-state index is 11.8. The predicted molar refractivity (Wildman–Crippen MR) is 84.8 cm³/mol. The van der Waals surface area contributed by atoms with E-state index in [1.807, 2.05) is 0 Å². The van der Waals surface area contributed by atoms with Crippen LogP contribution in [0.2, 0.25) is 0 Å². The largest absolute Gasteiger partial charge is 0.459 e. The van der Waals surface area contributed by atoms with Gasteiger partial charge in [0.15, 0.2) is 0 Å². The van der Waals surface area contributed by atoms with Gasteiger partial charge in [0.2, 0.25) is 0 Å². The second kappa shape index (κ2) is 4.37. The molecule has 130 valence electrons. The Morgan fingerprint density at radius 2 is 1.17 bits per heavy atom. The maximum absolute atomic E-state index is 11.8. The fraction of sp³-hybridized carbons (Fsp3) is 0.900. The highest BCUT2D eigenvalue weighted by molar-refractivity contribution is 5.73. The van der Waals surface area contributed by atoms with E-state index in [2.05, 4.69) is 0 Å². The third kappa shape index (κ3) is 1.56. The van der Waals surface area contributed by atoms with E-state index in [0.717, 1.165) is 37.5 Å². The summed E-state index contributed by atoms with van der Waals surface area (Å²) in [7, 11) is 0. The lowest BCUT2D eigenvalue weighted by Gasteiger charge is -2.36. The van der Waals surface area contributed by atoms with Crippen molar-refractivity contribution in [3.8, 4) is 0 Å². The molecule has 6 fully saturated rings. The van der Waals surface area contributed by atoms with Gasteiger partial charge in [-0.05, 0) is 75.0 Å². The molecule has 0 unspecified atom stereocenters. The standard InChI is InChI=1S/C20H26O4/c21-15-3-7-19(23-15)5-1-11-9-13-14(17(11)19)10-12-2-6-20(18(12)13)8-4-16(22)24-20/h11-14,17-18H,1-10H2/t11-,12-,13+,14+,17-,18-,19+,20+/m1/s1. The number of esters is 2. The van der Waals surface area contributed by atoms with Crippen LogP contribution >= 0.6 is 0 Å². The molecule has 2 saturated heterocycles. The Bertz CT molecular complexity index is 575. The van der Waals surface area contributed by atoms with Crippen molar-refractivity contribution >= 4 is 11.9 Å². The molecule has 4 nitrogen and oxygen atoms in total. The van der Waals surface area contributed by atoms with Crippen molar-refractivity contribution in [2.45, 2.75) is 75.4 Å². The average Bonchev–Trinajstić information content (AvgIpc) is 3.30. The summed E-state index contributed by atoms with van der Waals surface area (Å²) in [5, 5.41) is 0. The first-order valence-corrected chi connectivity index (χ1v) is 10.0. The van der Waals surface area contributed by atoms with Crippen LogP contribution in [0.1, 0.15) is 64.2 Å². The zero-order valence-electron chi connectivity index (χ0n) is 14.2. The molecule has 24 heavy (non-hydrogen) atoms. The van der Waals surface area contributed by atoms with Crippen LogP contribution < -0.4 is 0 Å². The summed E-state index contributed by atoms with van der Waals surface area (Å²) in [6, 6.07) is 0. The van der Waals surface area contributed by atoms with Gasteiger partial charge in [0.1, 0.15) is 11.2 Å². The van der Waals surface area contributed by atoms with Gasteiger partial charge in [-0.15, -0.1) is 0 Å². The lowest BCUT2D eigenvalue weighted by atomic mass is 9.75. The van der Waals surface area contributed by atoms with Crippen LogP contribution in [-0.2, 0) is 19.1 Å². The van der Waals surface area contributed by atoms with Gasteiger partial charge in [0, 0.05) is 24.7 Å². The summed E-state index contributed by atoms with van der Waals surface area (Å²) < 4.78 is 11.9. The van der Waals surface area contributed by atoms with Crippen molar-refractivity contribution in [2.24, 2.45) is 35.5 Å². The van der Waals surface area contributed by atoms with Crippen LogP contribution in [0, 0.1) is 35.5 Å². The number of carbonyl (C=O) groups excluding carboxylic acids is 2. The van der Waals surface area contributed by atoms with Crippen molar-refractivity contribution in [3.05, 3.63) is 0 Å². The Morgan fingerprint density at radius 1 is 0.708 bits per heavy atom. The van der Waals surface area contributed by atoms with Crippen molar-refractivity contribution in [3.63, 3.8) is 0 Å². The summed E-state index contributed by atoms with van der Waals surface area (Å²) in [6.07, 6.45) is 10.4. The van der Waals surface area contributed by atoms with E-state index in [0.29, 0.717) is 36.5 Å². The van der Waals surface area contributed by atoms with Crippen LogP contribution in [-0.4, -0.2) is 23.1 Å². The van der Waals surface area contributed by atoms with Crippen LogP contribution in [0.3, 0.4) is 0 Å². The molecule has 8 atom stereocenters. The number of hydrogen-bond acceptors (Lipinski definition) is 4. The molecule has 0 N–H and O–H groups in total. The van der Waals surface area contributed by atoms with Crippen molar-refractivity contribution in [2.75, 3.05) is 0 Å². The maximum Gasteiger partial charge on any atom is 0.306 e. The summed E-state index contributed by atoms with van der Waals surface area (Å²) in [5.74, 6) is 4.12. The molecule has 6 aliphatic rings. The minimum atomic E-state index is -0.126. The molecule has 2 spiro atoms. The normalized spacial score (nSPS) is 57.5. The highest BCUT2D eigenvalue weighted by atomic mass is 16.6. The van der Waals surface area contributed by atoms with E-state index < -0.39 is 0 Å². The van der Waals surface area contributed by atoms with Gasteiger partial charge in [-0.25, -0.2) is 0 Å². The first-order valence-electron chi connectivity index (χ1n) is 10.0. The third-order valence-corrected chi connectivity index (χ3v) is 8.87. The second-order valence-corrected chi connectivity index (χ2v) is 9.53. The molecule has 0 bridgehead atoms. The molecule has 4 heteroatoms. The first-order chi connectivity index (χ1) is 11.6. The molecule has 0 aromatic carbocycles. The Kier molecular flexibility index (Phi) is 2.57. The molecular weight excluding hydrogens is 304 g/mol. The van der Waals surface area contributed by atoms with Crippen molar-refractivity contribution in [1.29, 1.82) is 0 Å². The zero-order valence-corrected chi connectivity index (χ0v) is 14.2. The molecule has 0 aromatic rings. The highest BCUT2D eigenvalue weighted by Crippen LogP contribution is 2.70.